The van der Waals surface area contributed by atoms with Gasteiger partial charge in [-0.2, -0.15) is 0 Å². The van der Waals surface area contributed by atoms with Gasteiger partial charge in [-0.05, 0) is 60.8 Å². The molecule has 1 aliphatic heterocycles. The Kier molecular flexibility index (Phi) is 4.76. The number of nitrogens with zero attached hydrogens (tertiary/aromatic N) is 1. The molecule has 1 fully saturated rings. The number of aliphatic hydroxyl groups is 1. The van der Waals surface area contributed by atoms with Crippen LogP contribution in [0.4, 0.5) is 0 Å². The van der Waals surface area contributed by atoms with Gasteiger partial charge in [-0.3, -0.25) is 4.98 Å². The highest BCUT2D eigenvalue weighted by Crippen LogP contribution is 2.22. The first-order valence-corrected chi connectivity index (χ1v) is 7.41. The van der Waals surface area contributed by atoms with Crippen molar-refractivity contribution in [2.24, 2.45) is 0 Å². The lowest BCUT2D eigenvalue weighted by molar-refractivity contribution is 0.0362. The number of rotatable bonds is 4. The normalized spacial score (nSPS) is 23.6. The average molecular weight is 313 g/mol. The molecule has 1 aliphatic rings. The van der Waals surface area contributed by atoms with Crippen LogP contribution in [0.2, 0.25) is 0 Å². The lowest BCUT2D eigenvalue weighted by Crippen LogP contribution is -2.42. The summed E-state index contributed by atoms with van der Waals surface area (Å²) < 4.78 is 0.972. The standard InChI is InChI=1S/C14H21BrN2O/c1-14(18,8-12-4-2-3-7-16-12)9-13-6-5-11(15)10-17-13/h5-6,10,12,16,18H,2-4,7-9H2,1H3. The van der Waals surface area contributed by atoms with Crippen LogP contribution in [0.25, 0.3) is 0 Å². The molecule has 0 spiro atoms. The van der Waals surface area contributed by atoms with E-state index in [2.05, 4.69) is 26.2 Å². The fourth-order valence-electron chi connectivity index (χ4n) is 2.60. The van der Waals surface area contributed by atoms with Gasteiger partial charge in [0.15, 0.2) is 0 Å². The predicted molar refractivity (Wildman–Crippen MR) is 76.5 cm³/mol. The molecule has 0 aliphatic carbocycles. The fraction of sp³-hybridized carbons (Fsp3) is 0.643. The van der Waals surface area contributed by atoms with Gasteiger partial charge >= 0.3 is 0 Å². The van der Waals surface area contributed by atoms with Crippen LogP contribution in [0.3, 0.4) is 0 Å². The molecule has 0 amide bonds. The van der Waals surface area contributed by atoms with Crippen LogP contribution in [-0.2, 0) is 6.42 Å². The molecule has 18 heavy (non-hydrogen) atoms. The number of hydrogen-bond donors (Lipinski definition) is 2. The van der Waals surface area contributed by atoms with Crippen LogP contribution in [0, 0.1) is 0 Å². The Morgan fingerprint density at radius 2 is 2.33 bits per heavy atom. The maximum Gasteiger partial charge on any atom is 0.0689 e. The second-order valence-electron chi connectivity index (χ2n) is 5.49. The first-order valence-electron chi connectivity index (χ1n) is 6.61. The lowest BCUT2D eigenvalue weighted by atomic mass is 9.88. The van der Waals surface area contributed by atoms with Gasteiger partial charge < -0.3 is 10.4 Å². The van der Waals surface area contributed by atoms with E-state index >= 15 is 0 Å². The summed E-state index contributed by atoms with van der Waals surface area (Å²) in [7, 11) is 0. The maximum absolute atomic E-state index is 10.5. The van der Waals surface area contributed by atoms with Gasteiger partial charge in [0.25, 0.3) is 0 Å². The number of nitrogens with one attached hydrogen (secondary N) is 1. The summed E-state index contributed by atoms with van der Waals surface area (Å²) >= 11 is 3.37. The third-order valence-electron chi connectivity index (χ3n) is 3.45. The monoisotopic (exact) mass is 312 g/mol. The Bertz CT molecular complexity index is 372. The molecule has 2 N–H and O–H groups in total. The maximum atomic E-state index is 10.5. The summed E-state index contributed by atoms with van der Waals surface area (Å²) in [5, 5.41) is 14.0. The van der Waals surface area contributed by atoms with Gasteiger partial charge in [0, 0.05) is 28.8 Å². The summed E-state index contributed by atoms with van der Waals surface area (Å²) in [4.78, 5) is 4.33. The van der Waals surface area contributed by atoms with E-state index in [1.807, 2.05) is 19.1 Å². The van der Waals surface area contributed by atoms with Gasteiger partial charge in [-0.25, -0.2) is 0 Å². The minimum atomic E-state index is -0.685. The van der Waals surface area contributed by atoms with Crippen molar-refractivity contribution in [1.29, 1.82) is 0 Å². The number of pyridine rings is 1. The van der Waals surface area contributed by atoms with Gasteiger partial charge in [0.2, 0.25) is 0 Å². The van der Waals surface area contributed by atoms with Gasteiger partial charge in [0.05, 0.1) is 5.60 Å². The van der Waals surface area contributed by atoms with Crippen LogP contribution >= 0.6 is 15.9 Å². The molecule has 1 aromatic rings. The second kappa shape index (κ2) is 6.13. The predicted octanol–water partition coefficient (Wildman–Crippen LogP) is 2.67. The molecule has 2 atom stereocenters. The molecule has 100 valence electrons. The second-order valence-corrected chi connectivity index (χ2v) is 6.41. The Balaban J connectivity index is 1.91. The summed E-state index contributed by atoms with van der Waals surface area (Å²) in [6.45, 7) is 2.99. The van der Waals surface area contributed by atoms with E-state index in [1.165, 1.54) is 19.3 Å². The van der Waals surface area contributed by atoms with E-state index in [-0.39, 0.29) is 0 Å². The Morgan fingerprint density at radius 3 is 2.94 bits per heavy atom. The number of piperidine rings is 1. The van der Waals surface area contributed by atoms with Crippen molar-refractivity contribution in [3.05, 3.63) is 28.5 Å². The van der Waals surface area contributed by atoms with Crippen molar-refractivity contribution in [1.82, 2.24) is 10.3 Å². The summed E-state index contributed by atoms with van der Waals surface area (Å²) in [6, 6.07) is 4.38. The van der Waals surface area contributed by atoms with Crippen LogP contribution in [-0.4, -0.2) is 28.3 Å². The molecule has 0 saturated carbocycles. The van der Waals surface area contributed by atoms with Crippen LogP contribution in [0.1, 0.15) is 38.3 Å². The third kappa shape index (κ3) is 4.34. The first kappa shape index (κ1) is 14.0. The van der Waals surface area contributed by atoms with E-state index in [1.54, 1.807) is 6.20 Å². The molecular formula is C14H21BrN2O. The van der Waals surface area contributed by atoms with Crippen molar-refractivity contribution in [2.45, 2.75) is 50.7 Å². The molecule has 2 rings (SSSR count). The topological polar surface area (TPSA) is 45.2 Å². The minimum absolute atomic E-state index is 0.448. The zero-order valence-corrected chi connectivity index (χ0v) is 12.4. The van der Waals surface area contributed by atoms with Crippen LogP contribution < -0.4 is 5.32 Å². The highest BCUT2D eigenvalue weighted by molar-refractivity contribution is 9.10. The molecule has 1 saturated heterocycles. The zero-order chi connectivity index (χ0) is 13.0. The summed E-state index contributed by atoms with van der Waals surface area (Å²) in [5.74, 6) is 0. The Morgan fingerprint density at radius 1 is 1.50 bits per heavy atom. The van der Waals surface area contributed by atoms with Crippen molar-refractivity contribution in [3.63, 3.8) is 0 Å². The molecule has 2 unspecified atom stereocenters. The number of aromatic nitrogens is 1. The van der Waals surface area contributed by atoms with Crippen LogP contribution in [0.15, 0.2) is 22.8 Å². The minimum Gasteiger partial charge on any atom is -0.390 e. The SMILES string of the molecule is CC(O)(Cc1ccc(Br)cn1)CC1CCCCN1. The molecule has 3 nitrogen and oxygen atoms in total. The largest absolute Gasteiger partial charge is 0.390 e. The third-order valence-corrected chi connectivity index (χ3v) is 3.92. The molecule has 0 aromatic carbocycles. The number of halogens is 1. The lowest BCUT2D eigenvalue weighted by Gasteiger charge is -2.31. The number of hydrogen-bond acceptors (Lipinski definition) is 3. The van der Waals surface area contributed by atoms with Gasteiger partial charge in [-0.15, -0.1) is 0 Å². The van der Waals surface area contributed by atoms with E-state index in [0.29, 0.717) is 12.5 Å². The van der Waals surface area contributed by atoms with Gasteiger partial charge in [-0.1, -0.05) is 6.42 Å². The van der Waals surface area contributed by atoms with E-state index < -0.39 is 5.60 Å². The average Bonchev–Trinajstić information content (AvgIpc) is 2.32. The molecule has 2 heterocycles. The highest BCUT2D eigenvalue weighted by Gasteiger charge is 2.27. The Labute approximate surface area is 117 Å². The van der Waals surface area contributed by atoms with Crippen LogP contribution in [0.5, 0.6) is 0 Å². The van der Waals surface area contributed by atoms with Crippen molar-refractivity contribution in [3.8, 4) is 0 Å². The molecule has 0 bridgehead atoms. The van der Waals surface area contributed by atoms with E-state index in [4.69, 9.17) is 0 Å². The quantitative estimate of drug-likeness (QED) is 0.898. The zero-order valence-electron chi connectivity index (χ0n) is 10.8. The van der Waals surface area contributed by atoms with Crippen molar-refractivity contribution >= 4 is 15.9 Å². The highest BCUT2D eigenvalue weighted by atomic mass is 79.9. The summed E-state index contributed by atoms with van der Waals surface area (Å²) in [5.41, 5.74) is 0.259. The summed E-state index contributed by atoms with van der Waals surface area (Å²) in [6.07, 6.45) is 6.88. The Hall–Kier alpha value is -0.450. The molecular weight excluding hydrogens is 292 g/mol. The van der Waals surface area contributed by atoms with Crippen molar-refractivity contribution < 1.29 is 5.11 Å². The first-order chi connectivity index (χ1) is 8.55. The molecule has 0 radical (unpaired) electrons. The van der Waals surface area contributed by atoms with Gasteiger partial charge in [0.1, 0.15) is 0 Å². The van der Waals surface area contributed by atoms with E-state index in [0.717, 1.165) is 23.1 Å². The fourth-order valence-corrected chi connectivity index (χ4v) is 2.84. The smallest absolute Gasteiger partial charge is 0.0689 e. The molecule has 4 heteroatoms. The van der Waals surface area contributed by atoms with E-state index in [9.17, 15) is 5.11 Å². The van der Waals surface area contributed by atoms with Crippen molar-refractivity contribution in [2.75, 3.05) is 6.54 Å². The molecule has 1 aromatic heterocycles.